The third kappa shape index (κ3) is 2.64. The van der Waals surface area contributed by atoms with Crippen molar-refractivity contribution in [2.45, 2.75) is 18.9 Å². The van der Waals surface area contributed by atoms with Gasteiger partial charge in [0.05, 0.1) is 5.60 Å². The van der Waals surface area contributed by atoms with Gasteiger partial charge in [0.15, 0.2) is 0 Å². The van der Waals surface area contributed by atoms with Crippen molar-refractivity contribution in [1.29, 1.82) is 0 Å². The van der Waals surface area contributed by atoms with E-state index < -0.39 is 5.60 Å². The number of hydrogen-bond donors (Lipinski definition) is 1. The van der Waals surface area contributed by atoms with Crippen LogP contribution in [0.2, 0.25) is 5.02 Å². The average molecular weight is 253 g/mol. The molecule has 1 unspecified atom stereocenters. The average Bonchev–Trinajstić information content (AvgIpc) is 2.69. The van der Waals surface area contributed by atoms with Crippen LogP contribution >= 0.6 is 22.9 Å². The fraction of sp³-hybridized carbons (Fsp3) is 0.231. The molecule has 16 heavy (non-hydrogen) atoms. The lowest BCUT2D eigenvalue weighted by Crippen LogP contribution is -2.22. The number of aliphatic hydroxyl groups is 1. The minimum atomic E-state index is -0.821. The summed E-state index contributed by atoms with van der Waals surface area (Å²) in [5, 5.41) is 13.1. The molecule has 0 spiro atoms. The maximum Gasteiger partial charge on any atom is 0.0999 e. The first-order valence-corrected chi connectivity index (χ1v) is 6.34. The van der Waals surface area contributed by atoms with Crippen LogP contribution in [0.5, 0.6) is 0 Å². The zero-order valence-corrected chi connectivity index (χ0v) is 10.6. The Balaban J connectivity index is 2.21. The monoisotopic (exact) mass is 252 g/mol. The lowest BCUT2D eigenvalue weighted by molar-refractivity contribution is 0.0615. The molecule has 0 aliphatic rings. The first-order valence-electron chi connectivity index (χ1n) is 5.09. The highest BCUT2D eigenvalue weighted by Crippen LogP contribution is 2.29. The Labute approximate surface area is 104 Å². The maximum absolute atomic E-state index is 10.4. The largest absolute Gasteiger partial charge is 0.384 e. The molecule has 1 aromatic carbocycles. The van der Waals surface area contributed by atoms with Crippen LogP contribution in [0.3, 0.4) is 0 Å². The molecule has 1 atom stereocenters. The van der Waals surface area contributed by atoms with Crippen LogP contribution in [0.1, 0.15) is 17.4 Å². The third-order valence-electron chi connectivity index (χ3n) is 2.49. The molecule has 0 aliphatic heterocycles. The van der Waals surface area contributed by atoms with Crippen LogP contribution in [-0.2, 0) is 12.0 Å². The van der Waals surface area contributed by atoms with Crippen molar-refractivity contribution >= 4 is 22.9 Å². The van der Waals surface area contributed by atoms with Crippen LogP contribution in [0.25, 0.3) is 0 Å². The smallest absolute Gasteiger partial charge is 0.0999 e. The summed E-state index contributed by atoms with van der Waals surface area (Å²) >= 11 is 7.49. The number of thiophene rings is 1. The maximum atomic E-state index is 10.4. The third-order valence-corrected chi connectivity index (χ3v) is 3.85. The molecule has 0 bridgehead atoms. The van der Waals surface area contributed by atoms with E-state index >= 15 is 0 Å². The Morgan fingerprint density at radius 1 is 1.31 bits per heavy atom. The minimum Gasteiger partial charge on any atom is -0.384 e. The van der Waals surface area contributed by atoms with Gasteiger partial charge in [0.2, 0.25) is 0 Å². The summed E-state index contributed by atoms with van der Waals surface area (Å²) in [6, 6.07) is 11.5. The summed E-state index contributed by atoms with van der Waals surface area (Å²) in [7, 11) is 0. The Bertz CT molecular complexity index is 463. The van der Waals surface area contributed by atoms with Gasteiger partial charge in [-0.2, -0.15) is 0 Å². The molecule has 0 saturated carbocycles. The number of rotatable bonds is 3. The standard InChI is InChI=1S/C13H13ClOS/c1-13(15,12-6-3-7-16-12)9-10-4-2-5-11(14)8-10/h2-8,15H,9H2,1H3. The van der Waals surface area contributed by atoms with Gasteiger partial charge in [-0.05, 0) is 36.1 Å². The Morgan fingerprint density at radius 2 is 2.12 bits per heavy atom. The van der Waals surface area contributed by atoms with E-state index in [0.29, 0.717) is 11.4 Å². The first-order chi connectivity index (χ1) is 7.58. The quantitative estimate of drug-likeness (QED) is 0.880. The summed E-state index contributed by atoms with van der Waals surface area (Å²) in [5.74, 6) is 0. The van der Waals surface area contributed by atoms with E-state index in [2.05, 4.69) is 0 Å². The first kappa shape index (κ1) is 11.6. The van der Waals surface area contributed by atoms with Crippen molar-refractivity contribution in [2.24, 2.45) is 0 Å². The molecular weight excluding hydrogens is 240 g/mol. The van der Waals surface area contributed by atoms with Crippen LogP contribution in [-0.4, -0.2) is 5.11 Å². The zero-order valence-electron chi connectivity index (χ0n) is 8.98. The molecule has 0 aliphatic carbocycles. The highest BCUT2D eigenvalue weighted by molar-refractivity contribution is 7.10. The van der Waals surface area contributed by atoms with Gasteiger partial charge >= 0.3 is 0 Å². The van der Waals surface area contributed by atoms with Crippen molar-refractivity contribution < 1.29 is 5.11 Å². The summed E-state index contributed by atoms with van der Waals surface area (Å²) in [6.07, 6.45) is 0.577. The van der Waals surface area contributed by atoms with E-state index in [-0.39, 0.29) is 0 Å². The Morgan fingerprint density at radius 3 is 2.75 bits per heavy atom. The number of hydrogen-bond acceptors (Lipinski definition) is 2. The van der Waals surface area contributed by atoms with E-state index in [1.165, 1.54) is 0 Å². The van der Waals surface area contributed by atoms with Crippen molar-refractivity contribution in [1.82, 2.24) is 0 Å². The van der Waals surface area contributed by atoms with Gasteiger partial charge < -0.3 is 5.11 Å². The highest BCUT2D eigenvalue weighted by atomic mass is 35.5. The van der Waals surface area contributed by atoms with Crippen LogP contribution in [0, 0.1) is 0 Å². The fourth-order valence-electron chi connectivity index (χ4n) is 1.72. The highest BCUT2D eigenvalue weighted by Gasteiger charge is 2.24. The van der Waals surface area contributed by atoms with Crippen LogP contribution < -0.4 is 0 Å². The Kier molecular flexibility index (Phi) is 3.33. The zero-order chi connectivity index (χ0) is 11.6. The van der Waals surface area contributed by atoms with Gasteiger partial charge in [0, 0.05) is 16.3 Å². The van der Waals surface area contributed by atoms with Gasteiger partial charge in [-0.15, -0.1) is 11.3 Å². The molecular formula is C13H13ClOS. The second-order valence-corrected chi connectivity index (χ2v) is 5.44. The summed E-state index contributed by atoms with van der Waals surface area (Å²) < 4.78 is 0. The molecule has 84 valence electrons. The lowest BCUT2D eigenvalue weighted by Gasteiger charge is -2.22. The second kappa shape index (κ2) is 4.58. The molecule has 1 N–H and O–H groups in total. The molecule has 1 heterocycles. The second-order valence-electron chi connectivity index (χ2n) is 4.06. The van der Waals surface area contributed by atoms with E-state index in [9.17, 15) is 5.11 Å². The van der Waals surface area contributed by atoms with E-state index in [1.54, 1.807) is 11.3 Å². The number of halogens is 1. The number of benzene rings is 1. The molecule has 2 aromatic rings. The van der Waals surface area contributed by atoms with Gasteiger partial charge in [-0.1, -0.05) is 29.8 Å². The minimum absolute atomic E-state index is 0.577. The van der Waals surface area contributed by atoms with Crippen molar-refractivity contribution in [2.75, 3.05) is 0 Å². The normalized spacial score (nSPS) is 14.7. The molecule has 3 heteroatoms. The molecule has 1 aromatic heterocycles. The van der Waals surface area contributed by atoms with Crippen LogP contribution in [0.4, 0.5) is 0 Å². The molecule has 0 radical (unpaired) electrons. The van der Waals surface area contributed by atoms with Crippen molar-refractivity contribution in [3.63, 3.8) is 0 Å². The molecule has 1 nitrogen and oxygen atoms in total. The predicted molar refractivity (Wildman–Crippen MR) is 69.0 cm³/mol. The van der Waals surface area contributed by atoms with Crippen LogP contribution in [0.15, 0.2) is 41.8 Å². The fourth-order valence-corrected chi connectivity index (χ4v) is 2.72. The lowest BCUT2D eigenvalue weighted by atomic mass is 9.95. The van der Waals surface area contributed by atoms with E-state index in [4.69, 9.17) is 11.6 Å². The van der Waals surface area contributed by atoms with Gasteiger partial charge in [0.1, 0.15) is 0 Å². The van der Waals surface area contributed by atoms with Crippen molar-refractivity contribution in [3.05, 3.63) is 57.2 Å². The molecule has 0 amide bonds. The summed E-state index contributed by atoms with van der Waals surface area (Å²) in [4.78, 5) is 0.979. The molecule has 2 rings (SSSR count). The Hall–Kier alpha value is -0.830. The van der Waals surface area contributed by atoms with E-state index in [1.807, 2.05) is 48.7 Å². The van der Waals surface area contributed by atoms with Gasteiger partial charge in [-0.25, -0.2) is 0 Å². The summed E-state index contributed by atoms with van der Waals surface area (Å²) in [6.45, 7) is 1.83. The topological polar surface area (TPSA) is 20.2 Å². The van der Waals surface area contributed by atoms with E-state index in [0.717, 1.165) is 10.4 Å². The van der Waals surface area contributed by atoms with Crippen molar-refractivity contribution in [3.8, 4) is 0 Å². The van der Waals surface area contributed by atoms with Gasteiger partial charge in [-0.3, -0.25) is 0 Å². The van der Waals surface area contributed by atoms with Gasteiger partial charge in [0.25, 0.3) is 0 Å². The summed E-state index contributed by atoms with van der Waals surface area (Å²) in [5.41, 5.74) is 0.227. The SMILES string of the molecule is CC(O)(Cc1cccc(Cl)c1)c1cccs1. The molecule has 0 saturated heterocycles. The molecule has 0 fully saturated rings. The predicted octanol–water partition coefficient (Wildman–Crippen LogP) is 3.85.